The summed E-state index contributed by atoms with van der Waals surface area (Å²) < 4.78 is 40.7. The molecule has 3 nitrogen and oxygen atoms in total. The summed E-state index contributed by atoms with van der Waals surface area (Å²) in [7, 11) is 0. The first kappa shape index (κ1) is 23.1. The summed E-state index contributed by atoms with van der Waals surface area (Å²) >= 11 is 0.997. The van der Waals surface area contributed by atoms with Crippen LogP contribution in [-0.4, -0.2) is 16.5 Å². The van der Waals surface area contributed by atoms with Crippen molar-refractivity contribution < 1.29 is 13.2 Å². The molecule has 0 unspecified atom stereocenters. The molecule has 1 heterocycles. The van der Waals surface area contributed by atoms with Crippen molar-refractivity contribution in [1.29, 1.82) is 0 Å². The average Bonchev–Trinajstić information content (AvgIpc) is 2.75. The zero-order chi connectivity index (χ0) is 22.3. The van der Waals surface area contributed by atoms with Crippen LogP contribution in [0, 0.1) is 0 Å². The van der Waals surface area contributed by atoms with Gasteiger partial charge < -0.3 is 4.90 Å². The minimum absolute atomic E-state index is 0.0961. The van der Waals surface area contributed by atoms with Crippen LogP contribution in [0.15, 0.2) is 70.7 Å². The van der Waals surface area contributed by atoms with E-state index in [4.69, 9.17) is 0 Å². The highest BCUT2D eigenvalue weighted by molar-refractivity contribution is 7.99. The molecular weight excluding hydrogens is 419 g/mol. The van der Waals surface area contributed by atoms with E-state index >= 15 is 0 Å². The van der Waals surface area contributed by atoms with Crippen LogP contribution in [0.3, 0.4) is 0 Å². The molecular formula is C24H26F3N3S. The van der Waals surface area contributed by atoms with Crippen LogP contribution < -0.4 is 4.90 Å². The molecule has 0 bridgehead atoms. The first-order valence-electron chi connectivity index (χ1n) is 10.5. The van der Waals surface area contributed by atoms with Crippen molar-refractivity contribution in [3.63, 3.8) is 0 Å². The van der Waals surface area contributed by atoms with Gasteiger partial charge in [0.15, 0.2) is 0 Å². The average molecular weight is 446 g/mol. The largest absolute Gasteiger partial charge is 0.420 e. The van der Waals surface area contributed by atoms with Crippen LogP contribution in [0.4, 0.5) is 24.8 Å². The van der Waals surface area contributed by atoms with Gasteiger partial charge in [-0.05, 0) is 49.6 Å². The van der Waals surface area contributed by atoms with E-state index in [-0.39, 0.29) is 11.0 Å². The predicted molar refractivity (Wildman–Crippen MR) is 120 cm³/mol. The number of halogens is 3. The maximum atomic E-state index is 13.6. The minimum atomic E-state index is -4.52. The molecule has 0 saturated carbocycles. The predicted octanol–water partition coefficient (Wildman–Crippen LogP) is 7.54. The third-order valence-corrected chi connectivity index (χ3v) is 5.87. The van der Waals surface area contributed by atoms with Gasteiger partial charge in [-0.2, -0.15) is 13.2 Å². The molecule has 0 atom stereocenters. The topological polar surface area (TPSA) is 29.0 Å². The number of aromatic nitrogens is 2. The van der Waals surface area contributed by atoms with Crippen molar-refractivity contribution in [1.82, 2.24) is 9.97 Å². The summed E-state index contributed by atoms with van der Waals surface area (Å²) in [6.45, 7) is 4.65. The van der Waals surface area contributed by atoms with E-state index in [2.05, 4.69) is 29.0 Å². The summed E-state index contributed by atoms with van der Waals surface area (Å²) in [5.74, 6) is 0.264. The second-order valence-electron chi connectivity index (χ2n) is 7.17. The van der Waals surface area contributed by atoms with E-state index in [1.807, 2.05) is 30.0 Å². The summed E-state index contributed by atoms with van der Waals surface area (Å²) in [5.41, 5.74) is 1.26. The van der Waals surface area contributed by atoms with Crippen LogP contribution in [-0.2, 0) is 12.6 Å². The molecule has 1 aromatic heterocycles. The number of hydrogen-bond acceptors (Lipinski definition) is 4. The highest BCUT2D eigenvalue weighted by Crippen LogP contribution is 2.39. The Kier molecular flexibility index (Phi) is 7.96. The van der Waals surface area contributed by atoms with Crippen molar-refractivity contribution in [2.75, 3.05) is 11.4 Å². The van der Waals surface area contributed by atoms with Crippen molar-refractivity contribution in [2.45, 2.75) is 55.6 Å². The van der Waals surface area contributed by atoms with Gasteiger partial charge in [0.05, 0.1) is 0 Å². The molecule has 0 spiro atoms. The van der Waals surface area contributed by atoms with Crippen molar-refractivity contribution in [2.24, 2.45) is 0 Å². The highest BCUT2D eigenvalue weighted by Gasteiger charge is 2.35. The summed E-state index contributed by atoms with van der Waals surface area (Å²) in [6, 6.07) is 17.0. The Hall–Kier alpha value is -2.54. The normalized spacial score (nSPS) is 11.5. The summed E-state index contributed by atoms with van der Waals surface area (Å²) in [5, 5.41) is -0.0961. The van der Waals surface area contributed by atoms with Crippen molar-refractivity contribution in [3.8, 4) is 0 Å². The molecule has 7 heteroatoms. The monoisotopic (exact) mass is 445 g/mol. The molecule has 0 amide bonds. The lowest BCUT2D eigenvalue weighted by atomic mass is 10.1. The number of unbranched alkanes of at least 4 members (excludes halogenated alkanes) is 2. The number of rotatable bonds is 9. The third kappa shape index (κ3) is 6.23. The fourth-order valence-electron chi connectivity index (χ4n) is 3.26. The molecule has 2 aromatic carbocycles. The van der Waals surface area contributed by atoms with E-state index in [0.29, 0.717) is 11.4 Å². The number of alkyl halides is 3. The molecule has 164 valence electrons. The van der Waals surface area contributed by atoms with E-state index < -0.39 is 11.7 Å². The smallest absolute Gasteiger partial charge is 0.311 e. The fraction of sp³-hybridized carbons (Fsp3) is 0.333. The van der Waals surface area contributed by atoms with Crippen LogP contribution in [0.5, 0.6) is 0 Å². The molecule has 3 rings (SSSR count). The first-order chi connectivity index (χ1) is 14.9. The van der Waals surface area contributed by atoms with Gasteiger partial charge in [0.25, 0.3) is 0 Å². The zero-order valence-corrected chi connectivity index (χ0v) is 18.5. The Labute approximate surface area is 185 Å². The van der Waals surface area contributed by atoms with Crippen LogP contribution in [0.1, 0.15) is 44.2 Å². The van der Waals surface area contributed by atoms with Gasteiger partial charge in [0, 0.05) is 23.3 Å². The maximum absolute atomic E-state index is 13.6. The van der Waals surface area contributed by atoms with Crippen LogP contribution in [0.2, 0.25) is 0 Å². The van der Waals surface area contributed by atoms with E-state index in [0.717, 1.165) is 42.9 Å². The Bertz CT molecular complexity index is 977. The molecule has 0 aliphatic heterocycles. The van der Waals surface area contributed by atoms with Crippen LogP contribution in [0.25, 0.3) is 0 Å². The Morgan fingerprint density at radius 3 is 2.42 bits per heavy atom. The third-order valence-electron chi connectivity index (χ3n) is 4.85. The van der Waals surface area contributed by atoms with Gasteiger partial charge in [-0.1, -0.05) is 61.9 Å². The quantitative estimate of drug-likeness (QED) is 0.251. The zero-order valence-electron chi connectivity index (χ0n) is 17.7. The van der Waals surface area contributed by atoms with E-state index in [9.17, 15) is 13.2 Å². The van der Waals surface area contributed by atoms with Gasteiger partial charge in [-0.15, -0.1) is 0 Å². The van der Waals surface area contributed by atoms with Gasteiger partial charge in [0.2, 0.25) is 5.95 Å². The lowest BCUT2D eigenvalue weighted by molar-refractivity contribution is -0.140. The van der Waals surface area contributed by atoms with Crippen molar-refractivity contribution >= 4 is 23.4 Å². The van der Waals surface area contributed by atoms with Crippen LogP contribution >= 0.6 is 11.8 Å². The Morgan fingerprint density at radius 1 is 0.968 bits per heavy atom. The summed E-state index contributed by atoms with van der Waals surface area (Å²) in [4.78, 5) is 11.0. The van der Waals surface area contributed by atoms with Gasteiger partial charge >= 0.3 is 6.18 Å². The summed E-state index contributed by atoms with van der Waals surface area (Å²) in [6.07, 6.45) is 0.780. The minimum Gasteiger partial charge on any atom is -0.311 e. The molecule has 0 aliphatic rings. The molecule has 0 aliphatic carbocycles. The van der Waals surface area contributed by atoms with E-state index in [1.54, 1.807) is 24.3 Å². The molecule has 0 radical (unpaired) electrons. The second kappa shape index (κ2) is 10.7. The fourth-order valence-corrected chi connectivity index (χ4v) is 4.18. The molecule has 0 N–H and O–H groups in total. The van der Waals surface area contributed by atoms with Gasteiger partial charge in [-0.3, -0.25) is 0 Å². The molecule has 3 aromatic rings. The van der Waals surface area contributed by atoms with Crippen molar-refractivity contribution in [3.05, 3.63) is 71.9 Å². The Balaban J connectivity index is 1.95. The standard InChI is InChI=1S/C24H26F3N3S/c1-3-5-7-11-18-12-10-13-19(16-18)30(4-2)23-28-17-21(24(25,26)27)22(29-23)31-20-14-8-6-9-15-20/h6,8-10,12-17H,3-5,7,11H2,1-2H3. The maximum Gasteiger partial charge on any atom is 0.420 e. The first-order valence-corrected chi connectivity index (χ1v) is 11.3. The van der Waals surface area contributed by atoms with Gasteiger partial charge in [0.1, 0.15) is 10.6 Å². The SMILES string of the molecule is CCCCCc1cccc(N(CC)c2ncc(C(F)(F)F)c(Sc3ccccc3)n2)c1. The molecule has 31 heavy (non-hydrogen) atoms. The van der Waals surface area contributed by atoms with Gasteiger partial charge in [-0.25, -0.2) is 9.97 Å². The number of aryl methyl sites for hydroxylation is 1. The van der Waals surface area contributed by atoms with E-state index in [1.165, 1.54) is 12.0 Å². The second-order valence-corrected chi connectivity index (χ2v) is 8.24. The highest BCUT2D eigenvalue weighted by atomic mass is 32.2. The number of benzene rings is 2. The number of hydrogen-bond donors (Lipinski definition) is 0. The molecule has 0 saturated heterocycles. The lowest BCUT2D eigenvalue weighted by Crippen LogP contribution is -2.20. The number of anilines is 2. The molecule has 0 fully saturated rings. The lowest BCUT2D eigenvalue weighted by Gasteiger charge is -2.23. The Morgan fingerprint density at radius 2 is 1.74 bits per heavy atom. The number of nitrogens with zero attached hydrogens (tertiary/aromatic N) is 3.